The van der Waals surface area contributed by atoms with Crippen molar-refractivity contribution < 1.29 is 14.6 Å². The summed E-state index contributed by atoms with van der Waals surface area (Å²) in [4.78, 5) is 13.6. The summed E-state index contributed by atoms with van der Waals surface area (Å²) in [6, 6.07) is 3.53. The van der Waals surface area contributed by atoms with E-state index >= 15 is 0 Å². The average molecular weight is 395 g/mol. The lowest BCUT2D eigenvalue weighted by molar-refractivity contribution is -0.133. The SMILES string of the molecule is CCN(CC)C(=O)COc1c(Br)cc(CO)cc1Br. The van der Waals surface area contributed by atoms with E-state index in [4.69, 9.17) is 9.84 Å². The molecule has 106 valence electrons. The highest BCUT2D eigenvalue weighted by atomic mass is 79.9. The Morgan fingerprint density at radius 2 is 1.79 bits per heavy atom. The maximum Gasteiger partial charge on any atom is 0.260 e. The van der Waals surface area contributed by atoms with Crippen LogP contribution in [0.5, 0.6) is 5.75 Å². The lowest BCUT2D eigenvalue weighted by Gasteiger charge is -2.19. The molecule has 0 saturated heterocycles. The number of carbonyl (C=O) groups excluding carboxylic acids is 1. The van der Waals surface area contributed by atoms with Gasteiger partial charge in [0.25, 0.3) is 5.91 Å². The molecular weight excluding hydrogens is 378 g/mol. The average Bonchev–Trinajstić information content (AvgIpc) is 2.38. The second-order valence-corrected chi connectivity index (χ2v) is 5.61. The van der Waals surface area contributed by atoms with Gasteiger partial charge >= 0.3 is 0 Å². The number of ether oxygens (including phenoxy) is 1. The molecule has 0 aliphatic carbocycles. The second kappa shape index (κ2) is 7.87. The van der Waals surface area contributed by atoms with Gasteiger partial charge in [0, 0.05) is 13.1 Å². The van der Waals surface area contributed by atoms with Crippen molar-refractivity contribution in [3.63, 3.8) is 0 Å². The molecule has 1 rings (SSSR count). The molecule has 6 heteroatoms. The molecule has 0 aliphatic rings. The fourth-order valence-corrected chi connectivity index (χ4v) is 3.15. The van der Waals surface area contributed by atoms with Gasteiger partial charge < -0.3 is 14.7 Å². The molecule has 0 unspecified atom stereocenters. The maximum absolute atomic E-state index is 11.9. The zero-order valence-electron chi connectivity index (χ0n) is 10.9. The van der Waals surface area contributed by atoms with Gasteiger partial charge in [0.2, 0.25) is 0 Å². The third-order valence-electron chi connectivity index (χ3n) is 2.70. The van der Waals surface area contributed by atoms with E-state index in [0.29, 0.717) is 27.8 Å². The maximum atomic E-state index is 11.9. The summed E-state index contributed by atoms with van der Waals surface area (Å²) in [6.45, 7) is 5.16. The molecule has 4 nitrogen and oxygen atoms in total. The van der Waals surface area contributed by atoms with E-state index in [9.17, 15) is 4.79 Å². The molecule has 0 aromatic heterocycles. The van der Waals surface area contributed by atoms with E-state index in [1.54, 1.807) is 17.0 Å². The van der Waals surface area contributed by atoms with E-state index in [1.165, 1.54) is 0 Å². The summed E-state index contributed by atoms with van der Waals surface area (Å²) < 4.78 is 6.96. The van der Waals surface area contributed by atoms with Crippen molar-refractivity contribution in [2.24, 2.45) is 0 Å². The quantitative estimate of drug-likeness (QED) is 0.806. The molecule has 1 N–H and O–H groups in total. The third kappa shape index (κ3) is 4.47. The van der Waals surface area contributed by atoms with E-state index in [2.05, 4.69) is 31.9 Å². The monoisotopic (exact) mass is 393 g/mol. The number of aliphatic hydroxyl groups is 1. The molecule has 0 atom stereocenters. The van der Waals surface area contributed by atoms with Gasteiger partial charge in [-0.05, 0) is 63.4 Å². The number of hydrogen-bond acceptors (Lipinski definition) is 3. The van der Waals surface area contributed by atoms with E-state index in [1.807, 2.05) is 13.8 Å². The normalized spacial score (nSPS) is 10.4. The molecule has 0 radical (unpaired) electrons. The van der Waals surface area contributed by atoms with Gasteiger partial charge in [-0.15, -0.1) is 0 Å². The van der Waals surface area contributed by atoms with Gasteiger partial charge in [-0.1, -0.05) is 0 Å². The minimum absolute atomic E-state index is 0.00263. The first-order valence-electron chi connectivity index (χ1n) is 6.02. The smallest absolute Gasteiger partial charge is 0.260 e. The fraction of sp³-hybridized carbons (Fsp3) is 0.462. The van der Waals surface area contributed by atoms with Crippen molar-refractivity contribution in [3.05, 3.63) is 26.6 Å². The van der Waals surface area contributed by atoms with Gasteiger partial charge in [-0.2, -0.15) is 0 Å². The van der Waals surface area contributed by atoms with E-state index < -0.39 is 0 Å². The van der Waals surface area contributed by atoms with Crippen molar-refractivity contribution >= 4 is 37.8 Å². The zero-order chi connectivity index (χ0) is 14.4. The van der Waals surface area contributed by atoms with Crippen LogP contribution in [0.3, 0.4) is 0 Å². The minimum Gasteiger partial charge on any atom is -0.481 e. The first-order chi connectivity index (χ1) is 9.03. The third-order valence-corrected chi connectivity index (χ3v) is 3.87. The van der Waals surface area contributed by atoms with Crippen LogP contribution in [-0.2, 0) is 11.4 Å². The molecule has 19 heavy (non-hydrogen) atoms. The largest absolute Gasteiger partial charge is 0.481 e. The van der Waals surface area contributed by atoms with E-state index in [0.717, 1.165) is 5.56 Å². The first kappa shape index (κ1) is 16.5. The lowest BCUT2D eigenvalue weighted by Crippen LogP contribution is -2.34. The summed E-state index contributed by atoms with van der Waals surface area (Å²) in [7, 11) is 0. The van der Waals surface area contributed by atoms with Crippen LogP contribution in [0.25, 0.3) is 0 Å². The molecule has 0 saturated carbocycles. The van der Waals surface area contributed by atoms with Crippen LogP contribution < -0.4 is 4.74 Å². The molecule has 0 spiro atoms. The van der Waals surface area contributed by atoms with Gasteiger partial charge in [0.15, 0.2) is 6.61 Å². The minimum atomic E-state index is -0.0463. The molecule has 1 aromatic rings. The number of aliphatic hydroxyl groups excluding tert-OH is 1. The summed E-state index contributed by atoms with van der Waals surface area (Å²) in [5.74, 6) is 0.521. The van der Waals surface area contributed by atoms with Gasteiger partial charge in [-0.25, -0.2) is 0 Å². The van der Waals surface area contributed by atoms with Gasteiger partial charge in [0.1, 0.15) is 5.75 Å². The van der Waals surface area contributed by atoms with Gasteiger partial charge in [0.05, 0.1) is 15.6 Å². The Kier molecular flexibility index (Phi) is 6.82. The molecular formula is C13H17Br2NO3. The van der Waals surface area contributed by atoms with Crippen molar-refractivity contribution in [1.82, 2.24) is 4.90 Å². The molecule has 0 fully saturated rings. The Morgan fingerprint density at radius 1 is 1.26 bits per heavy atom. The molecule has 0 bridgehead atoms. The predicted octanol–water partition coefficient (Wildman–Crippen LogP) is 2.95. The Hall–Kier alpha value is -0.590. The Labute approximate surface area is 130 Å². The van der Waals surface area contributed by atoms with Crippen molar-refractivity contribution in [1.29, 1.82) is 0 Å². The van der Waals surface area contributed by atoms with Crippen LogP contribution in [0.1, 0.15) is 19.4 Å². The van der Waals surface area contributed by atoms with E-state index in [-0.39, 0.29) is 19.1 Å². The zero-order valence-corrected chi connectivity index (χ0v) is 14.1. The highest BCUT2D eigenvalue weighted by Gasteiger charge is 2.14. The Balaban J connectivity index is 2.75. The number of nitrogens with zero attached hydrogens (tertiary/aromatic N) is 1. The summed E-state index contributed by atoms with van der Waals surface area (Å²) >= 11 is 6.74. The number of likely N-dealkylation sites (N-methyl/N-ethyl adjacent to an activating group) is 1. The Morgan fingerprint density at radius 3 is 2.21 bits per heavy atom. The number of rotatable bonds is 6. The van der Waals surface area contributed by atoms with Crippen molar-refractivity contribution in [2.75, 3.05) is 19.7 Å². The summed E-state index contributed by atoms with van der Waals surface area (Å²) in [5.41, 5.74) is 0.765. The van der Waals surface area contributed by atoms with Crippen LogP contribution in [0, 0.1) is 0 Å². The predicted molar refractivity (Wildman–Crippen MR) is 81.2 cm³/mol. The Bertz CT molecular complexity index is 425. The first-order valence-corrected chi connectivity index (χ1v) is 7.61. The second-order valence-electron chi connectivity index (χ2n) is 3.90. The number of amides is 1. The number of halogens is 2. The molecule has 1 amide bonds. The highest BCUT2D eigenvalue weighted by Crippen LogP contribution is 2.34. The lowest BCUT2D eigenvalue weighted by atomic mass is 10.2. The summed E-state index contributed by atoms with van der Waals surface area (Å²) in [5, 5.41) is 9.09. The standard InChI is InChI=1S/C13H17Br2NO3/c1-3-16(4-2)12(18)8-19-13-10(14)5-9(7-17)6-11(13)15/h5-6,17H,3-4,7-8H2,1-2H3. The fourth-order valence-electron chi connectivity index (χ4n) is 1.64. The van der Waals surface area contributed by atoms with Crippen LogP contribution in [0.4, 0.5) is 0 Å². The van der Waals surface area contributed by atoms with Crippen LogP contribution in [0.2, 0.25) is 0 Å². The highest BCUT2D eigenvalue weighted by molar-refractivity contribution is 9.11. The van der Waals surface area contributed by atoms with Crippen LogP contribution in [0.15, 0.2) is 21.1 Å². The van der Waals surface area contributed by atoms with Crippen LogP contribution >= 0.6 is 31.9 Å². The number of hydrogen-bond donors (Lipinski definition) is 1. The number of carbonyl (C=O) groups is 1. The van der Waals surface area contributed by atoms with Gasteiger partial charge in [-0.3, -0.25) is 4.79 Å². The van der Waals surface area contributed by atoms with Crippen LogP contribution in [-0.4, -0.2) is 35.6 Å². The van der Waals surface area contributed by atoms with Crippen molar-refractivity contribution in [3.8, 4) is 5.75 Å². The molecule has 1 aromatic carbocycles. The topological polar surface area (TPSA) is 49.8 Å². The summed E-state index contributed by atoms with van der Waals surface area (Å²) in [6.07, 6.45) is 0. The molecule has 0 aliphatic heterocycles. The molecule has 0 heterocycles. The van der Waals surface area contributed by atoms with Crippen molar-refractivity contribution in [2.45, 2.75) is 20.5 Å². The number of benzene rings is 1.